The molecule has 8 heteroatoms. The van der Waals surface area contributed by atoms with E-state index in [2.05, 4.69) is 10.2 Å². The van der Waals surface area contributed by atoms with E-state index >= 15 is 0 Å². The molecule has 108 valence electrons. The molecular weight excluding hydrogens is 268 g/mol. The van der Waals surface area contributed by atoms with Gasteiger partial charge in [0.25, 0.3) is 5.91 Å². The Balaban J connectivity index is 3.27. The summed E-state index contributed by atoms with van der Waals surface area (Å²) in [6.07, 6.45) is 0.776. The van der Waals surface area contributed by atoms with E-state index in [9.17, 15) is 13.2 Å². The van der Waals surface area contributed by atoms with Crippen LogP contribution in [0.25, 0.3) is 0 Å². The molecule has 0 saturated heterocycles. The molecule has 19 heavy (non-hydrogen) atoms. The Kier molecular flexibility index (Phi) is 4.70. The number of hydrogen-bond donors (Lipinski definition) is 2. The molecule has 0 atom stereocenters. The van der Waals surface area contributed by atoms with Crippen LogP contribution in [-0.2, 0) is 10.0 Å². The number of aromatic nitrogens is 2. The molecule has 0 aliphatic heterocycles. The monoisotopic (exact) mass is 288 g/mol. The molecular formula is C11H20N4O3S. The molecule has 0 saturated carbocycles. The molecule has 0 radical (unpaired) electrons. The highest BCUT2D eigenvalue weighted by molar-refractivity contribution is 7.89. The van der Waals surface area contributed by atoms with E-state index in [0.717, 1.165) is 6.42 Å². The van der Waals surface area contributed by atoms with Crippen molar-refractivity contribution in [3.63, 3.8) is 0 Å². The number of amides is 1. The topological polar surface area (TPSA) is 109 Å². The molecule has 3 N–H and O–H groups in total. The minimum Gasteiger partial charge on any atom is -0.335 e. The zero-order chi connectivity index (χ0) is 14.8. The second-order valence-electron chi connectivity index (χ2n) is 4.66. The van der Waals surface area contributed by atoms with Crippen molar-refractivity contribution in [3.05, 3.63) is 11.4 Å². The average Bonchev–Trinajstić information content (AvgIpc) is 2.66. The van der Waals surface area contributed by atoms with Crippen molar-refractivity contribution in [2.75, 3.05) is 6.54 Å². The number of aromatic amines is 1. The number of primary sulfonamides is 1. The Morgan fingerprint density at radius 3 is 2.47 bits per heavy atom. The fourth-order valence-electron chi connectivity index (χ4n) is 1.88. The van der Waals surface area contributed by atoms with Crippen LogP contribution in [0.2, 0.25) is 0 Å². The van der Waals surface area contributed by atoms with E-state index in [1.165, 1.54) is 6.92 Å². The first-order valence-electron chi connectivity index (χ1n) is 6.08. The molecule has 0 aromatic carbocycles. The van der Waals surface area contributed by atoms with Gasteiger partial charge in [0.05, 0.1) is 5.69 Å². The second kappa shape index (κ2) is 5.70. The van der Waals surface area contributed by atoms with Gasteiger partial charge in [-0.25, -0.2) is 13.6 Å². The SMILES string of the molecule is CCCN(C(=O)c1n[nH]c(C)c1S(N)(=O)=O)C(C)C. The lowest BCUT2D eigenvalue weighted by Crippen LogP contribution is -2.38. The highest BCUT2D eigenvalue weighted by Crippen LogP contribution is 2.18. The largest absolute Gasteiger partial charge is 0.335 e. The second-order valence-corrected chi connectivity index (χ2v) is 6.16. The maximum Gasteiger partial charge on any atom is 0.276 e. The van der Waals surface area contributed by atoms with Crippen molar-refractivity contribution >= 4 is 15.9 Å². The number of carbonyl (C=O) groups is 1. The van der Waals surface area contributed by atoms with Crippen molar-refractivity contribution in [2.24, 2.45) is 5.14 Å². The van der Waals surface area contributed by atoms with E-state index < -0.39 is 15.9 Å². The van der Waals surface area contributed by atoms with Gasteiger partial charge in [0.15, 0.2) is 5.69 Å². The molecule has 1 heterocycles. The van der Waals surface area contributed by atoms with Gasteiger partial charge < -0.3 is 4.90 Å². The minimum absolute atomic E-state index is 0.0437. The van der Waals surface area contributed by atoms with Crippen LogP contribution in [0.5, 0.6) is 0 Å². The summed E-state index contributed by atoms with van der Waals surface area (Å²) in [5.41, 5.74) is 0.133. The van der Waals surface area contributed by atoms with Gasteiger partial charge in [-0.05, 0) is 27.2 Å². The number of H-pyrrole nitrogens is 1. The van der Waals surface area contributed by atoms with Gasteiger partial charge in [-0.2, -0.15) is 5.10 Å². The summed E-state index contributed by atoms with van der Waals surface area (Å²) < 4.78 is 23.1. The van der Waals surface area contributed by atoms with E-state index in [-0.39, 0.29) is 22.3 Å². The Morgan fingerprint density at radius 1 is 1.47 bits per heavy atom. The Morgan fingerprint density at radius 2 is 2.05 bits per heavy atom. The van der Waals surface area contributed by atoms with Gasteiger partial charge in [0, 0.05) is 12.6 Å². The van der Waals surface area contributed by atoms with E-state index in [1.54, 1.807) is 4.90 Å². The molecule has 1 rings (SSSR count). The molecule has 0 aliphatic carbocycles. The summed E-state index contributed by atoms with van der Waals surface area (Å²) in [6.45, 7) is 7.72. The first kappa shape index (κ1) is 15.6. The predicted molar refractivity (Wildman–Crippen MR) is 71.2 cm³/mol. The van der Waals surface area contributed by atoms with Gasteiger partial charge in [-0.1, -0.05) is 6.92 Å². The number of aryl methyl sites for hydroxylation is 1. The van der Waals surface area contributed by atoms with Crippen LogP contribution in [0.1, 0.15) is 43.4 Å². The van der Waals surface area contributed by atoms with Crippen LogP contribution in [0.3, 0.4) is 0 Å². The minimum atomic E-state index is -3.98. The van der Waals surface area contributed by atoms with Crippen molar-refractivity contribution in [1.29, 1.82) is 0 Å². The third-order valence-corrected chi connectivity index (χ3v) is 3.80. The quantitative estimate of drug-likeness (QED) is 0.827. The summed E-state index contributed by atoms with van der Waals surface area (Å²) >= 11 is 0. The molecule has 0 unspecified atom stereocenters. The molecule has 0 bridgehead atoms. The molecule has 7 nitrogen and oxygen atoms in total. The average molecular weight is 288 g/mol. The summed E-state index contributed by atoms with van der Waals surface area (Å²) in [4.78, 5) is 13.7. The third-order valence-electron chi connectivity index (χ3n) is 2.73. The van der Waals surface area contributed by atoms with Crippen molar-refractivity contribution in [2.45, 2.75) is 45.1 Å². The summed E-state index contributed by atoms with van der Waals surface area (Å²) in [6, 6.07) is -0.0437. The standard InChI is InChI=1S/C11H20N4O3S/c1-5-6-15(7(2)3)11(16)9-10(19(12,17)18)8(4)13-14-9/h7H,5-6H2,1-4H3,(H,13,14)(H2,12,17,18). The van der Waals surface area contributed by atoms with Crippen LogP contribution in [0.4, 0.5) is 0 Å². The molecule has 1 amide bonds. The number of carbonyl (C=O) groups excluding carboxylic acids is 1. The van der Waals surface area contributed by atoms with E-state index in [1.807, 2.05) is 20.8 Å². The van der Waals surface area contributed by atoms with Gasteiger partial charge in [0.1, 0.15) is 4.90 Å². The Labute approximate surface area is 113 Å². The zero-order valence-electron chi connectivity index (χ0n) is 11.6. The first-order valence-corrected chi connectivity index (χ1v) is 7.63. The van der Waals surface area contributed by atoms with E-state index in [0.29, 0.717) is 6.54 Å². The third kappa shape index (κ3) is 3.32. The predicted octanol–water partition coefficient (Wildman–Crippen LogP) is 0.626. The fraction of sp³-hybridized carbons (Fsp3) is 0.636. The number of hydrogen-bond acceptors (Lipinski definition) is 4. The lowest BCUT2D eigenvalue weighted by Gasteiger charge is -2.25. The highest BCUT2D eigenvalue weighted by atomic mass is 32.2. The van der Waals surface area contributed by atoms with Crippen LogP contribution in [-0.4, -0.2) is 42.0 Å². The van der Waals surface area contributed by atoms with Gasteiger partial charge >= 0.3 is 0 Å². The molecule has 0 fully saturated rings. The number of nitrogens with one attached hydrogen (secondary N) is 1. The molecule has 0 spiro atoms. The summed E-state index contributed by atoms with van der Waals surface area (Å²) in [7, 11) is -3.98. The van der Waals surface area contributed by atoms with Gasteiger partial charge in [-0.15, -0.1) is 0 Å². The number of sulfonamides is 1. The lowest BCUT2D eigenvalue weighted by atomic mass is 10.2. The Bertz CT molecular complexity index is 562. The molecule has 1 aromatic rings. The number of rotatable bonds is 5. The fourth-order valence-corrected chi connectivity index (χ4v) is 2.76. The first-order chi connectivity index (χ1) is 8.70. The normalized spacial score (nSPS) is 11.9. The van der Waals surface area contributed by atoms with Crippen molar-refractivity contribution in [1.82, 2.24) is 15.1 Å². The summed E-state index contributed by atoms with van der Waals surface area (Å²) in [5.74, 6) is -0.426. The summed E-state index contributed by atoms with van der Waals surface area (Å²) in [5, 5.41) is 11.4. The molecule has 0 aliphatic rings. The van der Waals surface area contributed by atoms with Gasteiger partial charge in [0.2, 0.25) is 10.0 Å². The van der Waals surface area contributed by atoms with E-state index in [4.69, 9.17) is 5.14 Å². The highest BCUT2D eigenvalue weighted by Gasteiger charge is 2.29. The van der Waals surface area contributed by atoms with Crippen LogP contribution >= 0.6 is 0 Å². The Hall–Kier alpha value is -1.41. The van der Waals surface area contributed by atoms with Crippen LogP contribution in [0.15, 0.2) is 4.90 Å². The molecule has 1 aromatic heterocycles. The number of nitrogens with two attached hydrogens (primary N) is 1. The van der Waals surface area contributed by atoms with Crippen molar-refractivity contribution < 1.29 is 13.2 Å². The maximum absolute atomic E-state index is 12.4. The zero-order valence-corrected chi connectivity index (χ0v) is 12.4. The number of nitrogens with zero attached hydrogens (tertiary/aromatic N) is 2. The smallest absolute Gasteiger partial charge is 0.276 e. The lowest BCUT2D eigenvalue weighted by molar-refractivity contribution is 0.0696. The maximum atomic E-state index is 12.4. The van der Waals surface area contributed by atoms with Crippen LogP contribution in [0, 0.1) is 6.92 Å². The van der Waals surface area contributed by atoms with Crippen LogP contribution < -0.4 is 5.14 Å². The van der Waals surface area contributed by atoms with Crippen molar-refractivity contribution in [3.8, 4) is 0 Å². The van der Waals surface area contributed by atoms with Gasteiger partial charge in [-0.3, -0.25) is 9.89 Å².